The van der Waals surface area contributed by atoms with Crippen LogP contribution in [-0.4, -0.2) is 36.1 Å². The number of hydrogen-bond acceptors (Lipinski definition) is 2. The van der Waals surface area contributed by atoms with E-state index in [1.807, 2.05) is 11.8 Å². The molecule has 4 unspecified atom stereocenters. The Bertz CT molecular complexity index is 412. The van der Waals surface area contributed by atoms with Crippen molar-refractivity contribution >= 4 is 65.0 Å². The molecule has 2 heterocycles. The fraction of sp³-hybridized carbons (Fsp3) is 0.700. The summed E-state index contributed by atoms with van der Waals surface area (Å²) in [7, 11) is 0.237. The number of thioether (sulfide) groups is 1. The van der Waals surface area contributed by atoms with Crippen molar-refractivity contribution < 1.29 is 4.79 Å². The maximum atomic E-state index is 12.3. The minimum Gasteiger partial charge on any atom is -0.310 e. The van der Waals surface area contributed by atoms with Crippen LogP contribution < -0.4 is 0 Å². The molecule has 0 aromatic carbocycles. The summed E-state index contributed by atoms with van der Waals surface area (Å²) in [6, 6.07) is 0.383. The highest BCUT2D eigenvalue weighted by molar-refractivity contribution is 14.1. The Morgan fingerprint density at radius 3 is 2.53 bits per heavy atom. The molecule has 0 spiro atoms. The van der Waals surface area contributed by atoms with Gasteiger partial charge in [0.05, 0.1) is 14.1 Å². The summed E-state index contributed by atoms with van der Waals surface area (Å²) in [6.45, 7) is 11.4. The van der Waals surface area contributed by atoms with Gasteiger partial charge in [0.1, 0.15) is 4.75 Å². The van der Waals surface area contributed by atoms with E-state index in [-0.39, 0.29) is 4.75 Å². The third-order valence-electron chi connectivity index (χ3n) is 3.11. The number of fused-ring (bicyclic) bond motifs is 1. The molecule has 2 aliphatic heterocycles. The van der Waals surface area contributed by atoms with E-state index in [2.05, 4.69) is 60.5 Å². The Morgan fingerprint density at radius 2 is 2.06 bits per heavy atom. The molecule has 2 rings (SSSR count). The second-order valence-electron chi connectivity index (χ2n) is 5.58. The van der Waals surface area contributed by atoms with Crippen molar-refractivity contribution in [2.45, 2.75) is 37.4 Å². The number of β-lactam (4-membered cyclic amide) rings is 1. The average molecular weight is 417 g/mol. The highest BCUT2D eigenvalue weighted by atomic mass is 127. The molecule has 96 valence electrons. The predicted molar refractivity (Wildman–Crippen MR) is 93.6 cm³/mol. The number of carbonyl (C=O) groups excluding carboxylic acids is 1. The number of rotatable bonds is 3. The Morgan fingerprint density at radius 1 is 1.47 bits per heavy atom. The van der Waals surface area contributed by atoms with Crippen LogP contribution >= 0.6 is 51.0 Å². The molecule has 0 aromatic rings. The van der Waals surface area contributed by atoms with Crippen molar-refractivity contribution in [2.24, 2.45) is 0 Å². The molecule has 0 bridgehead atoms. The number of nitrogens with zero attached hydrogens (tertiary/aromatic N) is 1. The minimum absolute atomic E-state index is 0.168. The second kappa shape index (κ2) is 4.73. The Balaban J connectivity index is 2.33. The largest absolute Gasteiger partial charge is 0.310 e. The zero-order valence-corrected chi connectivity index (χ0v) is 16.7. The molecule has 2 nitrogen and oxygen atoms in total. The van der Waals surface area contributed by atoms with E-state index in [4.69, 9.17) is 0 Å². The van der Waals surface area contributed by atoms with Crippen LogP contribution in [0.1, 0.15) is 6.92 Å². The molecule has 2 aliphatic rings. The van der Waals surface area contributed by atoms with E-state index in [0.29, 0.717) is 20.4 Å². The predicted octanol–water partition coefficient (Wildman–Crippen LogP) is 4.04. The Labute approximate surface area is 126 Å². The highest BCUT2D eigenvalue weighted by Gasteiger charge is 2.64. The maximum absolute atomic E-state index is 12.3. The van der Waals surface area contributed by atoms with Gasteiger partial charge in [-0.05, 0) is 40.7 Å². The number of amides is 1. The van der Waals surface area contributed by atoms with Gasteiger partial charge >= 0.3 is 0 Å². The first-order valence-corrected chi connectivity index (χ1v) is 14.4. The maximum Gasteiger partial charge on any atom is 0.245 e. The zero-order chi connectivity index (χ0) is 13.0. The summed E-state index contributed by atoms with van der Waals surface area (Å²) in [5.41, 5.74) is 0. The van der Waals surface area contributed by atoms with Crippen LogP contribution in [0.5, 0.6) is 0 Å². The topological polar surface area (TPSA) is 20.3 Å². The summed E-state index contributed by atoms with van der Waals surface area (Å²) < 4.78 is 4.95. The average Bonchev–Trinajstić information content (AvgIpc) is 2.45. The standard InChI is InChI=1S/C10H18INOP2SSi/c1-10-7(12(9(10)13)15-14-2)6(11)8(16-10)17(3,4)5/h7,14-15H,1-5H3. The molecule has 1 fully saturated rings. The smallest absolute Gasteiger partial charge is 0.245 e. The van der Waals surface area contributed by atoms with Gasteiger partial charge < -0.3 is 4.67 Å². The zero-order valence-electron chi connectivity index (χ0n) is 10.7. The van der Waals surface area contributed by atoms with Gasteiger partial charge in [0.25, 0.3) is 0 Å². The van der Waals surface area contributed by atoms with E-state index in [1.54, 1.807) is 4.53 Å². The molecule has 1 amide bonds. The van der Waals surface area contributed by atoms with Crippen LogP contribution in [0, 0.1) is 0 Å². The molecule has 7 heteroatoms. The van der Waals surface area contributed by atoms with E-state index >= 15 is 0 Å². The van der Waals surface area contributed by atoms with E-state index in [1.165, 1.54) is 3.58 Å². The first-order chi connectivity index (χ1) is 7.73. The summed E-state index contributed by atoms with van der Waals surface area (Å²) >= 11 is 4.36. The molecule has 0 saturated carbocycles. The van der Waals surface area contributed by atoms with Crippen molar-refractivity contribution in [1.82, 2.24) is 4.67 Å². The van der Waals surface area contributed by atoms with Crippen molar-refractivity contribution in [3.63, 3.8) is 0 Å². The highest BCUT2D eigenvalue weighted by Crippen LogP contribution is 2.63. The molecule has 0 aliphatic carbocycles. The van der Waals surface area contributed by atoms with Crippen LogP contribution in [0.4, 0.5) is 0 Å². The third-order valence-corrected chi connectivity index (χ3v) is 12.5. The van der Waals surface area contributed by atoms with E-state index in [0.717, 1.165) is 8.27 Å². The van der Waals surface area contributed by atoms with Gasteiger partial charge in [0.2, 0.25) is 5.91 Å². The molecule has 1 saturated heterocycles. The van der Waals surface area contributed by atoms with Crippen LogP contribution in [0.15, 0.2) is 8.11 Å². The second-order valence-corrected chi connectivity index (χ2v) is 16.9. The van der Waals surface area contributed by atoms with Crippen molar-refractivity contribution in [2.75, 3.05) is 6.66 Å². The van der Waals surface area contributed by atoms with Gasteiger partial charge in [-0.15, -0.1) is 11.8 Å². The van der Waals surface area contributed by atoms with E-state index in [9.17, 15) is 4.79 Å². The van der Waals surface area contributed by atoms with Gasteiger partial charge in [-0.2, -0.15) is 0 Å². The summed E-state index contributed by atoms with van der Waals surface area (Å²) in [4.78, 5) is 12.3. The fourth-order valence-corrected chi connectivity index (χ4v) is 12.9. The molecule has 0 N–H and O–H groups in total. The molecule has 17 heavy (non-hydrogen) atoms. The monoisotopic (exact) mass is 417 g/mol. The van der Waals surface area contributed by atoms with Crippen LogP contribution in [0.25, 0.3) is 0 Å². The Kier molecular flexibility index (Phi) is 4.11. The quantitative estimate of drug-likeness (QED) is 0.299. The normalized spacial score (nSPS) is 34.4. The summed E-state index contributed by atoms with van der Waals surface area (Å²) in [5, 5.41) is 0. The van der Waals surface area contributed by atoms with Gasteiger partial charge in [-0.25, -0.2) is 0 Å². The van der Waals surface area contributed by atoms with Gasteiger partial charge in [0, 0.05) is 12.0 Å². The van der Waals surface area contributed by atoms with Gasteiger partial charge in [-0.3, -0.25) is 4.79 Å². The van der Waals surface area contributed by atoms with Crippen LogP contribution in [-0.2, 0) is 4.79 Å². The lowest BCUT2D eigenvalue weighted by Crippen LogP contribution is -2.65. The molecule has 0 radical (unpaired) electrons. The first-order valence-electron chi connectivity index (χ1n) is 5.58. The van der Waals surface area contributed by atoms with Crippen LogP contribution in [0.3, 0.4) is 0 Å². The van der Waals surface area contributed by atoms with Gasteiger partial charge in [0.15, 0.2) is 0 Å². The number of halogens is 1. The van der Waals surface area contributed by atoms with Crippen molar-refractivity contribution in [3.05, 3.63) is 8.11 Å². The lowest BCUT2D eigenvalue weighted by atomic mass is 9.92. The van der Waals surface area contributed by atoms with Crippen molar-refractivity contribution in [3.8, 4) is 0 Å². The lowest BCUT2D eigenvalue weighted by Gasteiger charge is -2.50. The Hall–Kier alpha value is 1.37. The number of hydrogen-bond donors (Lipinski definition) is 0. The summed E-state index contributed by atoms with van der Waals surface area (Å²) in [5.74, 6) is 0.364. The van der Waals surface area contributed by atoms with Gasteiger partial charge in [-0.1, -0.05) is 27.9 Å². The molecule has 0 aromatic heterocycles. The van der Waals surface area contributed by atoms with Crippen LogP contribution in [0.2, 0.25) is 19.6 Å². The third kappa shape index (κ3) is 2.18. The number of carbonyl (C=O) groups is 1. The fourth-order valence-electron chi connectivity index (χ4n) is 2.24. The molecule has 4 atom stereocenters. The molecular formula is C10H18INOP2SSi. The lowest BCUT2D eigenvalue weighted by molar-refractivity contribution is -0.139. The first kappa shape index (κ1) is 14.8. The SMILES string of the molecule is CPPN1C(=O)C2(C)SC([Si](C)(C)C)=C(I)C12. The van der Waals surface area contributed by atoms with Crippen molar-refractivity contribution in [1.29, 1.82) is 0 Å². The molecular weight excluding hydrogens is 399 g/mol. The van der Waals surface area contributed by atoms with E-state index < -0.39 is 8.07 Å². The summed E-state index contributed by atoms with van der Waals surface area (Å²) in [6.07, 6.45) is 0. The minimum atomic E-state index is -1.30.